The van der Waals surface area contributed by atoms with Crippen LogP contribution in [0.2, 0.25) is 0 Å². The molecule has 6 rings (SSSR count). The maximum Gasteiger partial charge on any atom is 0.123 e. The number of fused-ring (bicyclic) bond motifs is 2. The molecular weight excluding hydrogens is 405 g/mol. The van der Waals surface area contributed by atoms with E-state index < -0.39 is 0 Å². The van der Waals surface area contributed by atoms with Crippen LogP contribution in [0.3, 0.4) is 0 Å². The molecule has 0 atom stereocenters. The van der Waals surface area contributed by atoms with Gasteiger partial charge in [-0.05, 0) is 74.6 Å². The summed E-state index contributed by atoms with van der Waals surface area (Å²) in [4.78, 5) is 4.75. The molecule has 33 heavy (non-hydrogen) atoms. The monoisotopic (exact) mass is 425 g/mol. The van der Waals surface area contributed by atoms with Crippen molar-refractivity contribution in [3.05, 3.63) is 127 Å². The number of nitrogens with zero attached hydrogens (tertiary/aromatic N) is 1. The highest BCUT2D eigenvalue weighted by Crippen LogP contribution is 2.30. The van der Waals surface area contributed by atoms with E-state index in [1.165, 1.54) is 28.3 Å². The maximum absolute atomic E-state index is 13.3. The predicted octanol–water partition coefficient (Wildman–Crippen LogP) is 8.53. The Labute approximate surface area is 191 Å². The van der Waals surface area contributed by atoms with E-state index in [1.54, 1.807) is 0 Å². The molecule has 0 saturated carbocycles. The highest BCUT2D eigenvalue weighted by molar-refractivity contribution is 5.91. The van der Waals surface area contributed by atoms with E-state index >= 15 is 0 Å². The highest BCUT2D eigenvalue weighted by Gasteiger charge is 2.06. The van der Waals surface area contributed by atoms with Crippen LogP contribution in [0.4, 0.5) is 4.39 Å². The zero-order chi connectivity index (χ0) is 22.2. The van der Waals surface area contributed by atoms with Gasteiger partial charge in [0.15, 0.2) is 0 Å². The van der Waals surface area contributed by atoms with Gasteiger partial charge < -0.3 is 0 Å². The number of benzene rings is 5. The van der Waals surface area contributed by atoms with Crippen molar-refractivity contribution in [2.75, 3.05) is 0 Å². The molecule has 0 bridgehead atoms. The molecule has 0 aliphatic rings. The molecule has 5 aromatic carbocycles. The molecule has 0 radical (unpaired) electrons. The second kappa shape index (κ2) is 7.99. The number of halogens is 1. The fraction of sp³-hybridized carbons (Fsp3) is 0. The molecule has 2 heteroatoms. The third-order valence-electron chi connectivity index (χ3n) is 6.16. The van der Waals surface area contributed by atoms with Crippen molar-refractivity contribution in [3.63, 3.8) is 0 Å². The first-order valence-electron chi connectivity index (χ1n) is 11.0. The lowest BCUT2D eigenvalue weighted by Gasteiger charge is -2.08. The first-order valence-corrected chi connectivity index (χ1v) is 11.0. The van der Waals surface area contributed by atoms with Gasteiger partial charge in [-0.2, -0.15) is 0 Å². The molecular formula is C31H20FN. The van der Waals surface area contributed by atoms with E-state index in [0.29, 0.717) is 0 Å². The molecule has 0 saturated heterocycles. The van der Waals surface area contributed by atoms with Gasteiger partial charge in [-0.1, -0.05) is 78.9 Å². The number of hydrogen-bond acceptors (Lipinski definition) is 1. The van der Waals surface area contributed by atoms with E-state index in [-0.39, 0.29) is 5.82 Å². The summed E-state index contributed by atoms with van der Waals surface area (Å²) >= 11 is 0. The minimum atomic E-state index is -0.221. The van der Waals surface area contributed by atoms with Crippen LogP contribution in [0.1, 0.15) is 0 Å². The minimum absolute atomic E-state index is 0.221. The number of hydrogen-bond donors (Lipinski definition) is 0. The Bertz CT molecular complexity index is 1600. The van der Waals surface area contributed by atoms with Gasteiger partial charge in [-0.15, -0.1) is 0 Å². The fourth-order valence-corrected chi connectivity index (χ4v) is 4.33. The van der Waals surface area contributed by atoms with Crippen LogP contribution < -0.4 is 0 Å². The van der Waals surface area contributed by atoms with Crippen LogP contribution in [-0.4, -0.2) is 4.98 Å². The van der Waals surface area contributed by atoms with E-state index in [4.69, 9.17) is 4.98 Å². The van der Waals surface area contributed by atoms with Crippen molar-refractivity contribution in [1.29, 1.82) is 0 Å². The van der Waals surface area contributed by atoms with Crippen molar-refractivity contribution in [1.82, 2.24) is 4.98 Å². The molecule has 0 fully saturated rings. The lowest BCUT2D eigenvalue weighted by atomic mass is 9.98. The number of aromatic nitrogens is 1. The third-order valence-corrected chi connectivity index (χ3v) is 6.16. The maximum atomic E-state index is 13.3. The molecule has 1 heterocycles. The standard InChI is InChI=1S/C31H20FN/c32-30-14-11-22(12-15-30)25-8-5-23-6-9-26(19-29(23)18-25)28-13-16-31(33-20-28)27-10-7-21-3-1-2-4-24(21)17-27/h1-20H. The van der Waals surface area contributed by atoms with Gasteiger partial charge in [0.25, 0.3) is 0 Å². The summed E-state index contributed by atoms with van der Waals surface area (Å²) in [5.41, 5.74) is 6.35. The van der Waals surface area contributed by atoms with Gasteiger partial charge in [0.1, 0.15) is 5.82 Å². The normalized spacial score (nSPS) is 11.2. The minimum Gasteiger partial charge on any atom is -0.256 e. The smallest absolute Gasteiger partial charge is 0.123 e. The van der Waals surface area contributed by atoms with Crippen molar-refractivity contribution < 1.29 is 4.39 Å². The van der Waals surface area contributed by atoms with Crippen LogP contribution in [0.25, 0.3) is 55.1 Å². The Hall–Kier alpha value is -4.30. The Balaban J connectivity index is 1.34. The zero-order valence-corrected chi connectivity index (χ0v) is 17.9. The highest BCUT2D eigenvalue weighted by atomic mass is 19.1. The summed E-state index contributed by atoms with van der Waals surface area (Å²) in [6.07, 6.45) is 1.94. The second-order valence-electron chi connectivity index (χ2n) is 8.28. The van der Waals surface area contributed by atoms with E-state index in [2.05, 4.69) is 91.0 Å². The summed E-state index contributed by atoms with van der Waals surface area (Å²) < 4.78 is 13.3. The molecule has 0 unspecified atom stereocenters. The van der Waals surface area contributed by atoms with Crippen molar-refractivity contribution in [3.8, 4) is 33.5 Å². The summed E-state index contributed by atoms with van der Waals surface area (Å²) in [6.45, 7) is 0. The van der Waals surface area contributed by atoms with Crippen LogP contribution in [0, 0.1) is 5.82 Å². The molecule has 6 aromatic rings. The molecule has 156 valence electrons. The SMILES string of the molecule is Fc1ccc(-c2ccc3ccc(-c4ccc(-c5ccc6ccccc6c5)nc4)cc3c2)cc1. The fourth-order valence-electron chi connectivity index (χ4n) is 4.33. The van der Waals surface area contributed by atoms with Gasteiger partial charge >= 0.3 is 0 Å². The third kappa shape index (κ3) is 3.77. The Kier molecular flexibility index (Phi) is 4.70. The van der Waals surface area contributed by atoms with Gasteiger partial charge in [0.05, 0.1) is 5.69 Å². The average molecular weight is 426 g/mol. The summed E-state index contributed by atoms with van der Waals surface area (Å²) in [6, 6.07) is 38.5. The first kappa shape index (κ1) is 19.4. The Morgan fingerprint density at radius 2 is 0.970 bits per heavy atom. The van der Waals surface area contributed by atoms with Crippen molar-refractivity contribution >= 4 is 21.5 Å². The topological polar surface area (TPSA) is 12.9 Å². The van der Waals surface area contributed by atoms with Gasteiger partial charge in [-0.25, -0.2) is 4.39 Å². The molecule has 0 aliphatic heterocycles. The van der Waals surface area contributed by atoms with Gasteiger partial charge in [0.2, 0.25) is 0 Å². The Morgan fingerprint density at radius 3 is 1.67 bits per heavy atom. The van der Waals surface area contributed by atoms with Crippen LogP contribution in [-0.2, 0) is 0 Å². The number of pyridine rings is 1. The summed E-state index contributed by atoms with van der Waals surface area (Å²) in [7, 11) is 0. The molecule has 0 spiro atoms. The van der Waals surface area contributed by atoms with Crippen LogP contribution in [0.15, 0.2) is 121 Å². The second-order valence-corrected chi connectivity index (χ2v) is 8.28. The Morgan fingerprint density at radius 1 is 0.424 bits per heavy atom. The predicted molar refractivity (Wildman–Crippen MR) is 136 cm³/mol. The summed E-state index contributed by atoms with van der Waals surface area (Å²) in [5, 5.41) is 4.76. The lowest BCUT2D eigenvalue weighted by Crippen LogP contribution is -1.86. The lowest BCUT2D eigenvalue weighted by molar-refractivity contribution is 0.628. The van der Waals surface area contributed by atoms with Crippen molar-refractivity contribution in [2.24, 2.45) is 0 Å². The molecule has 1 nitrogen and oxygen atoms in total. The largest absolute Gasteiger partial charge is 0.256 e. The molecule has 0 aliphatic carbocycles. The zero-order valence-electron chi connectivity index (χ0n) is 17.9. The van der Waals surface area contributed by atoms with Gasteiger partial charge in [-0.3, -0.25) is 4.98 Å². The quantitative estimate of drug-likeness (QED) is 0.277. The van der Waals surface area contributed by atoms with E-state index in [1.807, 2.05) is 18.3 Å². The average Bonchev–Trinajstić information content (AvgIpc) is 2.88. The molecule has 0 N–H and O–H groups in total. The van der Waals surface area contributed by atoms with Crippen LogP contribution >= 0.6 is 0 Å². The van der Waals surface area contributed by atoms with E-state index in [0.717, 1.165) is 38.9 Å². The first-order chi connectivity index (χ1) is 16.2. The summed E-state index contributed by atoms with van der Waals surface area (Å²) in [5.74, 6) is -0.221. The van der Waals surface area contributed by atoms with E-state index in [9.17, 15) is 4.39 Å². The molecule has 0 amide bonds. The number of rotatable bonds is 3. The van der Waals surface area contributed by atoms with Crippen molar-refractivity contribution in [2.45, 2.75) is 0 Å². The van der Waals surface area contributed by atoms with Gasteiger partial charge in [0, 0.05) is 17.3 Å². The molecule has 1 aromatic heterocycles. The van der Waals surface area contributed by atoms with Crippen LogP contribution in [0.5, 0.6) is 0 Å².